The lowest BCUT2D eigenvalue weighted by Gasteiger charge is -2.16. The highest BCUT2D eigenvalue weighted by Gasteiger charge is 2.31. The number of nitrogens with one attached hydrogen (secondary N) is 1. The second kappa shape index (κ2) is 16.3. The van der Waals surface area contributed by atoms with E-state index in [0.29, 0.717) is 83.5 Å². The molecule has 0 spiro atoms. The van der Waals surface area contributed by atoms with E-state index < -0.39 is 11.7 Å². The largest absolute Gasteiger partial charge is 0.416 e. The minimum Gasteiger partial charge on any atom is -0.378 e. The molecule has 0 aliphatic heterocycles. The summed E-state index contributed by atoms with van der Waals surface area (Å²) in [6.45, 7) is 2.58. The van der Waals surface area contributed by atoms with E-state index in [-0.39, 0.29) is 18.0 Å². The maximum Gasteiger partial charge on any atom is 0.416 e. The second-order valence-electron chi connectivity index (χ2n) is 10.7. The van der Waals surface area contributed by atoms with Gasteiger partial charge in [-0.2, -0.15) is 13.2 Å². The summed E-state index contributed by atoms with van der Waals surface area (Å²) < 4.78 is 54.0. The fourth-order valence-electron chi connectivity index (χ4n) is 5.12. The number of rotatable bonds is 14. The van der Waals surface area contributed by atoms with Gasteiger partial charge in [0, 0.05) is 46.9 Å². The number of benzene rings is 4. The molecule has 0 saturated heterocycles. The van der Waals surface area contributed by atoms with Crippen LogP contribution in [0, 0.1) is 0 Å². The Balaban J connectivity index is 1.50. The summed E-state index contributed by atoms with van der Waals surface area (Å²) in [5, 5.41) is 3.68. The van der Waals surface area contributed by atoms with Crippen LogP contribution in [0.1, 0.15) is 21.5 Å². The standard InChI is InChI=1S/C36H33Cl2F3N4O3/c37-30-10-3-1-8-28(30)32-33(29-9-2-4-11-31(29)38)45(34(44-32)26-6-5-7-27(22-26)36(39,40)41)23-24-12-14-25(15-13-24)35(46)43-17-19-48-21-20-47-18-16-42/h1-15,22H,16-21,23,42H2,(H,43,46). The van der Waals surface area contributed by atoms with Crippen molar-refractivity contribution in [1.82, 2.24) is 14.9 Å². The second-order valence-corrected chi connectivity index (χ2v) is 11.5. The third-order valence-electron chi connectivity index (χ3n) is 7.40. The molecule has 48 heavy (non-hydrogen) atoms. The number of imidazole rings is 1. The number of carbonyl (C=O) groups excluding carboxylic acids is 1. The Morgan fingerprint density at radius 2 is 1.46 bits per heavy atom. The monoisotopic (exact) mass is 696 g/mol. The first-order valence-corrected chi connectivity index (χ1v) is 15.9. The zero-order valence-corrected chi connectivity index (χ0v) is 27.3. The summed E-state index contributed by atoms with van der Waals surface area (Å²) >= 11 is 13.4. The first-order chi connectivity index (χ1) is 23.2. The molecule has 0 unspecified atom stereocenters. The van der Waals surface area contributed by atoms with Crippen LogP contribution in [0.4, 0.5) is 13.2 Å². The number of halogens is 5. The van der Waals surface area contributed by atoms with E-state index in [0.717, 1.165) is 17.7 Å². The number of aromatic nitrogens is 2. The minimum absolute atomic E-state index is 0.200. The summed E-state index contributed by atoms with van der Waals surface area (Å²) in [5.41, 5.74) is 8.33. The Morgan fingerprint density at radius 1 is 0.812 bits per heavy atom. The number of carbonyl (C=O) groups is 1. The molecule has 1 heterocycles. The van der Waals surface area contributed by atoms with Gasteiger partial charge in [0.05, 0.1) is 48.4 Å². The Kier molecular flexibility index (Phi) is 11.9. The first-order valence-electron chi connectivity index (χ1n) is 15.2. The molecule has 4 aromatic carbocycles. The van der Waals surface area contributed by atoms with Crippen LogP contribution in [0.5, 0.6) is 0 Å². The molecule has 250 valence electrons. The van der Waals surface area contributed by atoms with E-state index in [1.165, 1.54) is 6.07 Å². The van der Waals surface area contributed by atoms with Crippen LogP contribution in [-0.2, 0) is 22.2 Å². The Hall–Kier alpha value is -4.19. The predicted octanol–water partition coefficient (Wildman–Crippen LogP) is 7.98. The van der Waals surface area contributed by atoms with E-state index in [1.54, 1.807) is 60.7 Å². The molecule has 7 nitrogen and oxygen atoms in total. The number of nitrogens with zero attached hydrogens (tertiary/aromatic N) is 2. The van der Waals surface area contributed by atoms with Gasteiger partial charge in [0.15, 0.2) is 0 Å². The molecule has 0 aliphatic carbocycles. The normalized spacial score (nSPS) is 11.5. The number of hydrogen-bond donors (Lipinski definition) is 2. The average molecular weight is 698 g/mol. The molecule has 5 aromatic rings. The SMILES string of the molecule is NCCOCCOCCNC(=O)c1ccc(Cn2c(-c3cccc(C(F)(F)F)c3)nc(-c3ccccc3Cl)c2-c2ccccc2Cl)cc1. The average Bonchev–Trinajstić information content (AvgIpc) is 3.44. The molecule has 0 atom stereocenters. The van der Waals surface area contributed by atoms with Crippen LogP contribution < -0.4 is 11.1 Å². The van der Waals surface area contributed by atoms with Gasteiger partial charge in [0.1, 0.15) is 5.82 Å². The highest BCUT2D eigenvalue weighted by atomic mass is 35.5. The van der Waals surface area contributed by atoms with Crippen molar-refractivity contribution < 1.29 is 27.4 Å². The van der Waals surface area contributed by atoms with E-state index in [9.17, 15) is 18.0 Å². The van der Waals surface area contributed by atoms with E-state index in [4.69, 9.17) is 43.4 Å². The fourth-order valence-corrected chi connectivity index (χ4v) is 5.57. The van der Waals surface area contributed by atoms with Crippen LogP contribution in [-0.4, -0.2) is 55.0 Å². The third-order valence-corrected chi connectivity index (χ3v) is 8.06. The van der Waals surface area contributed by atoms with Gasteiger partial charge in [-0.05, 0) is 42.0 Å². The summed E-state index contributed by atoms with van der Waals surface area (Å²) in [6, 6.07) is 26.3. The van der Waals surface area contributed by atoms with E-state index >= 15 is 0 Å². The molecular weight excluding hydrogens is 664 g/mol. The lowest BCUT2D eigenvalue weighted by molar-refractivity contribution is -0.137. The lowest BCUT2D eigenvalue weighted by Crippen LogP contribution is -2.27. The number of hydrogen-bond acceptors (Lipinski definition) is 5. The lowest BCUT2D eigenvalue weighted by atomic mass is 10.0. The molecule has 1 aromatic heterocycles. The molecule has 1 amide bonds. The highest BCUT2D eigenvalue weighted by Crippen LogP contribution is 2.42. The summed E-state index contributed by atoms with van der Waals surface area (Å²) in [7, 11) is 0. The van der Waals surface area contributed by atoms with Crippen molar-refractivity contribution in [3.63, 3.8) is 0 Å². The number of nitrogens with two attached hydrogens (primary N) is 1. The first kappa shape index (κ1) is 35.1. The van der Waals surface area contributed by atoms with Gasteiger partial charge in [-0.1, -0.05) is 83.9 Å². The van der Waals surface area contributed by atoms with E-state index in [2.05, 4.69) is 5.32 Å². The van der Waals surface area contributed by atoms with Gasteiger partial charge in [-0.15, -0.1) is 0 Å². The zero-order chi connectivity index (χ0) is 34.1. The van der Waals surface area contributed by atoms with Crippen LogP contribution in [0.25, 0.3) is 33.9 Å². The maximum atomic E-state index is 13.8. The number of alkyl halides is 3. The van der Waals surface area contributed by atoms with Crippen LogP contribution in [0.3, 0.4) is 0 Å². The van der Waals surface area contributed by atoms with Crippen molar-refractivity contribution in [3.05, 3.63) is 124 Å². The van der Waals surface area contributed by atoms with Gasteiger partial charge < -0.3 is 25.1 Å². The van der Waals surface area contributed by atoms with Crippen molar-refractivity contribution in [2.75, 3.05) is 39.5 Å². The molecule has 0 saturated carbocycles. The topological polar surface area (TPSA) is 91.4 Å². The summed E-state index contributed by atoms with van der Waals surface area (Å²) in [4.78, 5) is 17.7. The molecule has 0 bridgehead atoms. The summed E-state index contributed by atoms with van der Waals surface area (Å²) in [5.74, 6) is 0.0239. The van der Waals surface area contributed by atoms with Crippen molar-refractivity contribution in [2.24, 2.45) is 5.73 Å². The van der Waals surface area contributed by atoms with E-state index in [1.807, 2.05) is 22.8 Å². The fraction of sp³-hybridized carbons (Fsp3) is 0.222. The Labute approximate surface area is 286 Å². The molecule has 3 N–H and O–H groups in total. The van der Waals surface area contributed by atoms with Crippen molar-refractivity contribution in [1.29, 1.82) is 0 Å². The van der Waals surface area contributed by atoms with Gasteiger partial charge in [-0.3, -0.25) is 4.79 Å². The highest BCUT2D eigenvalue weighted by molar-refractivity contribution is 6.34. The third kappa shape index (κ3) is 8.63. The molecule has 0 fully saturated rings. The van der Waals surface area contributed by atoms with Crippen LogP contribution in [0.2, 0.25) is 10.0 Å². The quantitative estimate of drug-likeness (QED) is 0.115. The van der Waals surface area contributed by atoms with Crippen molar-refractivity contribution in [2.45, 2.75) is 12.7 Å². The molecule has 12 heteroatoms. The molecule has 5 rings (SSSR count). The smallest absolute Gasteiger partial charge is 0.378 e. The number of ether oxygens (including phenoxy) is 2. The Morgan fingerprint density at radius 3 is 2.10 bits per heavy atom. The Bertz CT molecular complexity index is 1850. The minimum atomic E-state index is -4.55. The molecule has 0 aliphatic rings. The van der Waals surface area contributed by atoms with Gasteiger partial charge in [0.25, 0.3) is 5.91 Å². The van der Waals surface area contributed by atoms with Crippen molar-refractivity contribution >= 4 is 29.1 Å². The zero-order valence-electron chi connectivity index (χ0n) is 25.8. The summed E-state index contributed by atoms with van der Waals surface area (Å²) in [6.07, 6.45) is -4.55. The van der Waals surface area contributed by atoms with Gasteiger partial charge >= 0.3 is 6.18 Å². The maximum absolute atomic E-state index is 13.8. The van der Waals surface area contributed by atoms with Crippen LogP contribution >= 0.6 is 23.2 Å². The predicted molar refractivity (Wildman–Crippen MR) is 182 cm³/mol. The molecular formula is C36H33Cl2F3N4O3. The molecule has 0 radical (unpaired) electrons. The van der Waals surface area contributed by atoms with Crippen LogP contribution in [0.15, 0.2) is 97.1 Å². The number of amides is 1. The van der Waals surface area contributed by atoms with Crippen molar-refractivity contribution in [3.8, 4) is 33.9 Å². The van der Waals surface area contributed by atoms with Gasteiger partial charge in [-0.25, -0.2) is 4.98 Å². The van der Waals surface area contributed by atoms with Gasteiger partial charge in [0.2, 0.25) is 0 Å².